The maximum atomic E-state index is 12.6. The molecular formula is C24H19N5O5. The van der Waals surface area contributed by atoms with Gasteiger partial charge >= 0.3 is 5.97 Å². The molecule has 0 radical (unpaired) electrons. The summed E-state index contributed by atoms with van der Waals surface area (Å²) in [4.78, 5) is 39.5. The summed E-state index contributed by atoms with van der Waals surface area (Å²) in [5.41, 5.74) is 2.26. The molecule has 10 nitrogen and oxygen atoms in total. The van der Waals surface area contributed by atoms with Crippen molar-refractivity contribution in [2.75, 3.05) is 11.9 Å². The molecule has 4 rings (SSSR count). The van der Waals surface area contributed by atoms with Gasteiger partial charge in [-0.3, -0.25) is 14.9 Å². The minimum absolute atomic E-state index is 0.0868. The van der Waals surface area contributed by atoms with Crippen LogP contribution in [0.1, 0.15) is 16.2 Å². The van der Waals surface area contributed by atoms with Gasteiger partial charge in [-0.15, -0.1) is 5.10 Å². The van der Waals surface area contributed by atoms with Gasteiger partial charge in [0.2, 0.25) is 0 Å². The third kappa shape index (κ3) is 4.96. The van der Waals surface area contributed by atoms with Crippen molar-refractivity contribution in [2.45, 2.75) is 6.92 Å². The first-order valence-electron chi connectivity index (χ1n) is 10.2. The minimum Gasteiger partial charge on any atom is -0.450 e. The Morgan fingerprint density at radius 1 is 1.03 bits per heavy atom. The lowest BCUT2D eigenvalue weighted by atomic mass is 10.2. The summed E-state index contributed by atoms with van der Waals surface area (Å²) in [6.07, 6.45) is 0. The largest absolute Gasteiger partial charge is 0.450 e. The van der Waals surface area contributed by atoms with E-state index in [9.17, 15) is 19.7 Å². The normalized spacial score (nSPS) is 10.5. The van der Waals surface area contributed by atoms with Crippen LogP contribution in [0.2, 0.25) is 0 Å². The van der Waals surface area contributed by atoms with Crippen LogP contribution in [0.5, 0.6) is 0 Å². The molecule has 1 amide bonds. The number of para-hydroxylation sites is 1. The van der Waals surface area contributed by atoms with Crippen molar-refractivity contribution in [3.8, 4) is 17.1 Å². The van der Waals surface area contributed by atoms with Gasteiger partial charge in [0.25, 0.3) is 17.4 Å². The Kier molecular flexibility index (Phi) is 6.40. The van der Waals surface area contributed by atoms with Crippen molar-refractivity contribution in [1.82, 2.24) is 14.8 Å². The molecule has 170 valence electrons. The second kappa shape index (κ2) is 9.74. The molecule has 0 spiro atoms. The van der Waals surface area contributed by atoms with E-state index in [1.165, 1.54) is 22.9 Å². The second-order valence-electron chi connectivity index (χ2n) is 7.25. The molecule has 0 saturated heterocycles. The Labute approximate surface area is 194 Å². The number of benzene rings is 3. The molecular weight excluding hydrogens is 438 g/mol. The van der Waals surface area contributed by atoms with Crippen molar-refractivity contribution in [3.05, 3.63) is 100 Å². The Morgan fingerprint density at radius 2 is 1.71 bits per heavy atom. The van der Waals surface area contributed by atoms with Crippen LogP contribution in [-0.2, 0) is 9.53 Å². The number of aryl methyl sites for hydroxylation is 1. The van der Waals surface area contributed by atoms with Crippen molar-refractivity contribution < 1.29 is 19.2 Å². The van der Waals surface area contributed by atoms with Gasteiger partial charge in [-0.25, -0.2) is 14.5 Å². The smallest absolute Gasteiger partial charge is 0.378 e. The van der Waals surface area contributed by atoms with Crippen molar-refractivity contribution in [2.24, 2.45) is 0 Å². The number of carbonyl (C=O) groups is 2. The first-order chi connectivity index (χ1) is 16.4. The molecule has 4 aromatic rings. The van der Waals surface area contributed by atoms with Gasteiger partial charge < -0.3 is 10.1 Å². The number of nitrogens with zero attached hydrogens (tertiary/aromatic N) is 4. The lowest BCUT2D eigenvalue weighted by Gasteiger charge is -2.08. The fraction of sp³-hybridized carbons (Fsp3) is 0.0833. The summed E-state index contributed by atoms with van der Waals surface area (Å²) in [7, 11) is 0. The maximum Gasteiger partial charge on any atom is 0.378 e. The summed E-state index contributed by atoms with van der Waals surface area (Å²) in [5.74, 6) is -1.20. The zero-order valence-corrected chi connectivity index (χ0v) is 18.0. The number of nitro benzene ring substituents is 1. The van der Waals surface area contributed by atoms with E-state index in [1.807, 2.05) is 60.7 Å². The molecule has 0 aliphatic rings. The number of esters is 1. The van der Waals surface area contributed by atoms with Gasteiger partial charge in [0.15, 0.2) is 12.4 Å². The molecule has 0 fully saturated rings. The van der Waals surface area contributed by atoms with Gasteiger partial charge in [-0.2, -0.15) is 0 Å². The summed E-state index contributed by atoms with van der Waals surface area (Å²) in [5, 5.41) is 17.7. The Balaban J connectivity index is 1.49. The number of hydrogen-bond donors (Lipinski definition) is 1. The molecule has 0 aliphatic heterocycles. The minimum atomic E-state index is -0.859. The summed E-state index contributed by atoms with van der Waals surface area (Å²) < 4.78 is 6.64. The third-order valence-corrected chi connectivity index (χ3v) is 4.85. The Bertz CT molecular complexity index is 1300. The van der Waals surface area contributed by atoms with Crippen LogP contribution >= 0.6 is 0 Å². The van der Waals surface area contributed by atoms with Crippen LogP contribution in [0, 0.1) is 17.0 Å². The predicted molar refractivity (Wildman–Crippen MR) is 124 cm³/mol. The van der Waals surface area contributed by atoms with Gasteiger partial charge in [-0.05, 0) is 30.7 Å². The number of rotatable bonds is 7. The molecule has 1 heterocycles. The third-order valence-electron chi connectivity index (χ3n) is 4.85. The van der Waals surface area contributed by atoms with E-state index < -0.39 is 23.4 Å². The standard InChI is InChI=1S/C24H19N5O5/c1-16-14-19(29(32)33)12-13-20(16)25-21(30)15-34-24(31)22-26-23(17-8-4-2-5-9-17)28(27-22)18-10-6-3-7-11-18/h2-14H,15H2,1H3,(H,25,30). The van der Waals surface area contributed by atoms with Crippen LogP contribution in [0.25, 0.3) is 17.1 Å². The Hall–Kier alpha value is -4.86. The van der Waals surface area contributed by atoms with Crippen LogP contribution < -0.4 is 5.32 Å². The van der Waals surface area contributed by atoms with E-state index in [-0.39, 0.29) is 11.5 Å². The number of hydrogen-bond acceptors (Lipinski definition) is 7. The van der Waals surface area contributed by atoms with E-state index in [1.54, 1.807) is 6.92 Å². The van der Waals surface area contributed by atoms with Gasteiger partial charge in [0.1, 0.15) is 0 Å². The first-order valence-corrected chi connectivity index (χ1v) is 10.2. The molecule has 0 saturated carbocycles. The SMILES string of the molecule is Cc1cc([N+](=O)[O-])ccc1NC(=O)COC(=O)c1nc(-c2ccccc2)n(-c2ccccc2)n1. The second-order valence-corrected chi connectivity index (χ2v) is 7.25. The van der Waals surface area contributed by atoms with E-state index in [4.69, 9.17) is 4.74 Å². The zero-order chi connectivity index (χ0) is 24.1. The highest BCUT2D eigenvalue weighted by Gasteiger charge is 2.21. The van der Waals surface area contributed by atoms with Crippen molar-refractivity contribution in [1.29, 1.82) is 0 Å². The molecule has 1 aromatic heterocycles. The molecule has 10 heteroatoms. The van der Waals surface area contributed by atoms with Crippen molar-refractivity contribution >= 4 is 23.3 Å². The summed E-state index contributed by atoms with van der Waals surface area (Å²) >= 11 is 0. The quantitative estimate of drug-likeness (QED) is 0.253. The molecule has 34 heavy (non-hydrogen) atoms. The molecule has 0 unspecified atom stereocenters. The first kappa shape index (κ1) is 22.3. The van der Waals surface area contributed by atoms with Gasteiger partial charge in [0, 0.05) is 23.4 Å². The number of ether oxygens (including phenoxy) is 1. The number of carbonyl (C=O) groups excluding carboxylic acids is 2. The fourth-order valence-electron chi connectivity index (χ4n) is 3.21. The van der Waals surface area contributed by atoms with E-state index in [2.05, 4.69) is 15.4 Å². The lowest BCUT2D eigenvalue weighted by molar-refractivity contribution is -0.384. The predicted octanol–water partition coefficient (Wildman–Crippen LogP) is 3.95. The highest BCUT2D eigenvalue weighted by atomic mass is 16.6. The lowest BCUT2D eigenvalue weighted by Crippen LogP contribution is -2.22. The number of nitro groups is 1. The molecule has 0 atom stereocenters. The summed E-state index contributed by atoms with van der Waals surface area (Å²) in [6.45, 7) is 1.05. The average Bonchev–Trinajstić information content (AvgIpc) is 3.30. The summed E-state index contributed by atoms with van der Waals surface area (Å²) in [6, 6.07) is 22.5. The number of nitrogens with one attached hydrogen (secondary N) is 1. The average molecular weight is 457 g/mol. The van der Waals surface area contributed by atoms with Crippen LogP contribution in [-0.4, -0.2) is 38.2 Å². The van der Waals surface area contributed by atoms with Crippen molar-refractivity contribution in [3.63, 3.8) is 0 Å². The molecule has 1 N–H and O–H groups in total. The van der Waals surface area contributed by atoms with Gasteiger partial charge in [0.05, 0.1) is 10.6 Å². The highest BCUT2D eigenvalue weighted by Crippen LogP contribution is 2.22. The highest BCUT2D eigenvalue weighted by molar-refractivity contribution is 5.95. The molecule has 3 aromatic carbocycles. The van der Waals surface area contributed by atoms with E-state index in [0.29, 0.717) is 22.8 Å². The maximum absolute atomic E-state index is 12.6. The van der Waals surface area contributed by atoms with E-state index >= 15 is 0 Å². The fourth-order valence-corrected chi connectivity index (χ4v) is 3.21. The van der Waals surface area contributed by atoms with Crippen LogP contribution in [0.4, 0.5) is 11.4 Å². The number of anilines is 1. The monoisotopic (exact) mass is 457 g/mol. The number of non-ortho nitro benzene ring substituents is 1. The van der Waals surface area contributed by atoms with Crippen LogP contribution in [0.15, 0.2) is 78.9 Å². The topological polar surface area (TPSA) is 129 Å². The molecule has 0 aliphatic carbocycles. The number of aromatic nitrogens is 3. The Morgan fingerprint density at radius 3 is 2.35 bits per heavy atom. The number of amides is 1. The van der Waals surface area contributed by atoms with Crippen LogP contribution in [0.3, 0.4) is 0 Å². The molecule has 0 bridgehead atoms. The van der Waals surface area contributed by atoms with Gasteiger partial charge in [-0.1, -0.05) is 48.5 Å². The van der Waals surface area contributed by atoms with E-state index in [0.717, 1.165) is 5.56 Å². The zero-order valence-electron chi connectivity index (χ0n) is 18.0.